The average Bonchev–Trinajstić information content (AvgIpc) is 1.57. The Labute approximate surface area is 808 Å². The van der Waals surface area contributed by atoms with Crippen LogP contribution in [0.4, 0.5) is 35.1 Å². The first-order valence-corrected chi connectivity index (χ1v) is 49.9. The molecule has 36 atom stereocenters. The van der Waals surface area contributed by atoms with E-state index < -0.39 is 188 Å². The van der Waals surface area contributed by atoms with Gasteiger partial charge in [0, 0.05) is 134 Å². The van der Waals surface area contributed by atoms with Gasteiger partial charge >= 0.3 is 101 Å². The first-order chi connectivity index (χ1) is 66.4. The van der Waals surface area contributed by atoms with Crippen LogP contribution < -0.4 is 0 Å². The lowest BCUT2D eigenvalue weighted by Gasteiger charge is -2.64. The number of aliphatic hydroxyl groups is 4. The van der Waals surface area contributed by atoms with Crippen LogP contribution in [0.5, 0.6) is 0 Å². The van der Waals surface area contributed by atoms with Crippen molar-refractivity contribution in [1.82, 2.24) is 0 Å². The fourth-order valence-corrected chi connectivity index (χ4v) is 33.0. The summed E-state index contributed by atoms with van der Waals surface area (Å²) in [7, 11) is 0. The van der Waals surface area contributed by atoms with Gasteiger partial charge in [0.2, 0.25) is 0 Å². The number of esters is 13. The number of hydrogen-bond donors (Lipinski definition) is 4. The van der Waals surface area contributed by atoms with Crippen molar-refractivity contribution in [2.24, 2.45) is 82.9 Å². The molecule has 22 aliphatic carbocycles. The molecular formula is C97H120F8O37. The van der Waals surface area contributed by atoms with Gasteiger partial charge in [-0.15, -0.1) is 0 Å². The third-order valence-corrected chi connectivity index (χ3v) is 35.6. The fraction of sp³-hybridized carbons (Fsp3) is 0.866. The molecule has 0 aromatic heterocycles. The summed E-state index contributed by atoms with van der Waals surface area (Å²) in [6.45, 7) is -0.777. The predicted molar refractivity (Wildman–Crippen MR) is 445 cm³/mol. The molecule has 22 saturated carbocycles. The van der Waals surface area contributed by atoms with Crippen LogP contribution >= 0.6 is 0 Å². The standard InChI is InChI=1S/C25H30F2O10.2C25H32F2O9.C22H26F2O9/c1-22(26,27)21(31)33-7-17(29)37-25-6-12-4-23(32,10-25)9-24(5-12,11-25)34-8-16(28)35-18-13-2-14-15(3-13)20(30)36-19(14)18;1-22(26,27)21(30)32-2-3-33-24-7-13-6-23(31,10-24)11-25(8-13,12-24)34-9-17(28)35-18-14-4-15-16(5-14)20(29)36-19(15)18;1-22(26,27)21(30)36-25-8-13-6-23(31,11-25)10-24(7-13,12-25)34-9-17(28)32-2-3-33-18-14-4-15-16(5-14)20(29)35-19(15)18;1-19(23,24)18(27)33-22-5-10-3-20(28,8-22)7-21(4-10,9-22)29-6-13(25)31-15-12-2-11-14(30-12)16(15)32-17(11)26/h12-15,18-19,32H,2-11H2,1H3;2*13-16,18-19,31H,2-12H2,1H3;10-12,14-16,28H,2-9H2,1H3. The van der Waals surface area contributed by atoms with Crippen LogP contribution in [0.3, 0.4) is 0 Å². The molecular weight excluding hydrogens is 1910 g/mol. The molecule has 6 heterocycles. The Morgan fingerprint density at radius 3 is 1.01 bits per heavy atom. The summed E-state index contributed by atoms with van der Waals surface area (Å²) in [5.74, 6) is -24.9. The number of hydrogen-bond acceptors (Lipinski definition) is 37. The van der Waals surface area contributed by atoms with Crippen molar-refractivity contribution in [3.8, 4) is 0 Å². The highest BCUT2D eigenvalue weighted by Crippen LogP contribution is 2.68. The Balaban J connectivity index is 0.000000112. The molecule has 0 aromatic rings. The lowest BCUT2D eigenvalue weighted by Crippen LogP contribution is -2.68. The highest BCUT2D eigenvalue weighted by atomic mass is 19.3. The van der Waals surface area contributed by atoms with Crippen LogP contribution in [0, 0.1) is 82.9 Å². The molecule has 6 aliphatic heterocycles. The van der Waals surface area contributed by atoms with Crippen LogP contribution in [0.25, 0.3) is 0 Å². The van der Waals surface area contributed by atoms with Crippen molar-refractivity contribution in [2.75, 3.05) is 59.5 Å². The van der Waals surface area contributed by atoms with Gasteiger partial charge in [-0.3, -0.25) is 19.2 Å². The van der Waals surface area contributed by atoms with Gasteiger partial charge in [0.15, 0.2) is 18.8 Å². The van der Waals surface area contributed by atoms with Crippen molar-refractivity contribution in [1.29, 1.82) is 0 Å². The minimum absolute atomic E-state index is 0.0126. The van der Waals surface area contributed by atoms with Crippen LogP contribution in [0.1, 0.15) is 227 Å². The quantitative estimate of drug-likeness (QED) is 0.0248. The molecule has 0 aromatic carbocycles. The van der Waals surface area contributed by atoms with E-state index >= 15 is 0 Å². The van der Waals surface area contributed by atoms with E-state index in [1.54, 1.807) is 0 Å². The van der Waals surface area contributed by atoms with E-state index in [1.807, 2.05) is 0 Å². The summed E-state index contributed by atoms with van der Waals surface area (Å²) in [5, 5.41) is 44.6. The number of fused-ring (bicyclic) bond motifs is 4. The molecule has 142 heavy (non-hydrogen) atoms. The number of carbonyl (C=O) groups is 13. The van der Waals surface area contributed by atoms with Crippen molar-refractivity contribution < 1.29 is 213 Å². The summed E-state index contributed by atoms with van der Waals surface area (Å²) in [5.41, 5.74) is -12.5. The van der Waals surface area contributed by atoms with E-state index in [0.29, 0.717) is 149 Å². The van der Waals surface area contributed by atoms with Crippen LogP contribution in [-0.4, -0.2) is 309 Å². The van der Waals surface area contributed by atoms with Gasteiger partial charge < -0.3 is 115 Å². The van der Waals surface area contributed by atoms with Gasteiger partial charge in [0.1, 0.15) is 93.1 Å². The lowest BCUT2D eigenvalue weighted by atomic mass is 9.50. The van der Waals surface area contributed by atoms with E-state index in [-0.39, 0.29) is 235 Å². The fourth-order valence-electron chi connectivity index (χ4n) is 33.0. The first kappa shape index (κ1) is 100. The minimum Gasteiger partial charge on any atom is -0.462 e. The SMILES string of the molecule is CC(F)(F)C(=O)OC12CC3CC(O)(CC(OCC(=O)OC4C5CC6C(=O)OC4C6O5)(C3)C1)C2.CC(F)(F)C(=O)OC12CC3CC(O)(CC(OCC(=O)OCCOC4C5CC6C(=O)OC4C6C5)(C3)C1)C2.CC(F)(F)C(=O)OCC(=O)OC12CC3CC(O)(CC(OCC(=O)OC4C5CC6C(=O)OC4C6C5)(C3)C1)C2.CC(F)(F)C(=O)OCCOC12CC3CC(O)(C1)CC(OCC(=O)OC1C4CC5C(=O)OC1C5C4)(C3)C2. The van der Waals surface area contributed by atoms with Gasteiger partial charge in [0.25, 0.3) is 0 Å². The highest BCUT2D eigenvalue weighted by Gasteiger charge is 2.74. The Morgan fingerprint density at radius 1 is 0.303 bits per heavy atom. The van der Waals surface area contributed by atoms with Gasteiger partial charge in [0.05, 0.1) is 99.5 Å². The third kappa shape index (κ3) is 18.8. The molecule has 28 aliphatic rings. The van der Waals surface area contributed by atoms with Gasteiger partial charge in [-0.25, -0.2) is 43.2 Å². The summed E-state index contributed by atoms with van der Waals surface area (Å²) >= 11 is 0. The molecule has 4 N–H and O–H groups in total. The molecule has 24 bridgehead atoms. The van der Waals surface area contributed by atoms with Gasteiger partial charge in [-0.2, -0.15) is 35.1 Å². The maximum atomic E-state index is 13.5. The van der Waals surface area contributed by atoms with Crippen molar-refractivity contribution in [3.05, 3.63) is 0 Å². The van der Waals surface area contributed by atoms with Crippen LogP contribution in [0.15, 0.2) is 0 Å². The number of alkyl halides is 8. The van der Waals surface area contributed by atoms with Crippen molar-refractivity contribution in [3.63, 3.8) is 0 Å². The summed E-state index contributed by atoms with van der Waals surface area (Å²) < 4.78 is 217. The van der Waals surface area contributed by atoms with Crippen LogP contribution in [-0.2, 0) is 157 Å². The number of halogens is 8. The Hall–Kier alpha value is -7.89. The molecule has 28 fully saturated rings. The number of carbonyl (C=O) groups excluding carboxylic acids is 13. The number of rotatable bonds is 32. The highest BCUT2D eigenvalue weighted by molar-refractivity contribution is 5.83. The van der Waals surface area contributed by atoms with E-state index in [9.17, 15) is 118 Å². The Morgan fingerprint density at radius 2 is 0.620 bits per heavy atom. The third-order valence-electron chi connectivity index (χ3n) is 35.6. The summed E-state index contributed by atoms with van der Waals surface area (Å²) in [6, 6.07) is 0. The van der Waals surface area contributed by atoms with Gasteiger partial charge in [-0.05, 0) is 152 Å². The molecule has 28 rings (SSSR count). The minimum atomic E-state index is -3.73. The number of ether oxygens (including phenoxy) is 20. The largest absolute Gasteiger partial charge is 0.462 e. The lowest BCUT2D eigenvalue weighted by molar-refractivity contribution is -0.281. The van der Waals surface area contributed by atoms with Crippen LogP contribution in [0.2, 0.25) is 0 Å². The molecule has 37 nitrogen and oxygen atoms in total. The zero-order chi connectivity index (χ0) is 101. The molecule has 0 amide bonds. The average molecular weight is 2030 g/mol. The monoisotopic (exact) mass is 2030 g/mol. The molecule has 0 spiro atoms. The molecule has 786 valence electrons. The molecule has 45 heteroatoms. The first-order valence-electron chi connectivity index (χ1n) is 49.9. The van der Waals surface area contributed by atoms with E-state index in [1.165, 1.54) is 0 Å². The van der Waals surface area contributed by atoms with E-state index in [4.69, 9.17) is 85.3 Å². The summed E-state index contributed by atoms with van der Waals surface area (Å²) in [4.78, 5) is 157. The molecule has 6 saturated heterocycles. The second kappa shape index (κ2) is 34.6. The van der Waals surface area contributed by atoms with Gasteiger partial charge in [-0.1, -0.05) is 0 Å². The smallest absolute Gasteiger partial charge is 0.377 e. The van der Waals surface area contributed by atoms with E-state index in [0.717, 1.165) is 25.7 Å². The topological polar surface area (TPSA) is 487 Å². The summed E-state index contributed by atoms with van der Waals surface area (Å²) in [6.07, 6.45) is 10.2. The maximum Gasteiger partial charge on any atom is 0.377 e. The van der Waals surface area contributed by atoms with Crippen molar-refractivity contribution >= 4 is 77.6 Å². The normalized spacial score (nSPS) is 46.1. The Bertz CT molecular complexity index is 5120. The molecule has 0 radical (unpaired) electrons. The second-order valence-corrected chi connectivity index (χ2v) is 47.4. The predicted octanol–water partition coefficient (Wildman–Crippen LogP) is 6.31. The maximum absolute atomic E-state index is 13.5. The zero-order valence-corrected chi connectivity index (χ0v) is 78.9. The van der Waals surface area contributed by atoms with Crippen molar-refractivity contribution in [2.45, 2.75) is 379 Å². The van der Waals surface area contributed by atoms with E-state index in [2.05, 4.69) is 9.47 Å². The molecule has 36 unspecified atom stereocenters. The second-order valence-electron chi connectivity index (χ2n) is 47.4. The zero-order valence-electron chi connectivity index (χ0n) is 78.9. The Kier molecular flexibility index (Phi) is 24.4.